The molecular formula is C7H10ClN3O3. The lowest BCUT2D eigenvalue weighted by molar-refractivity contribution is -0.392. The normalized spacial score (nSPS) is 12.8. The number of hydrogen-bond donors (Lipinski definition) is 1. The highest BCUT2D eigenvalue weighted by atomic mass is 35.5. The van der Waals surface area contributed by atoms with Crippen molar-refractivity contribution in [3.05, 3.63) is 22.1 Å². The number of aliphatic hydroxyl groups is 1. The lowest BCUT2D eigenvalue weighted by atomic mass is 10.4. The molecule has 7 heteroatoms. The molecule has 0 fully saturated rings. The van der Waals surface area contributed by atoms with E-state index < -0.39 is 10.3 Å². The van der Waals surface area contributed by atoms with Crippen LogP contribution in [0.5, 0.6) is 0 Å². The third kappa shape index (κ3) is 2.21. The standard InChI is InChI=1S/C7H10ClN3O3/c1-5-9-2-7(11(13)14)10(5)3-6(8)4-12/h2,6,12H,3-4H2,1H3. The van der Waals surface area contributed by atoms with Crippen LogP contribution in [0.2, 0.25) is 0 Å². The molecule has 0 amide bonds. The van der Waals surface area contributed by atoms with Crippen molar-refractivity contribution in [3.8, 4) is 0 Å². The van der Waals surface area contributed by atoms with Crippen molar-refractivity contribution in [2.75, 3.05) is 6.61 Å². The van der Waals surface area contributed by atoms with E-state index in [-0.39, 0.29) is 19.0 Å². The lowest BCUT2D eigenvalue weighted by Gasteiger charge is -2.05. The summed E-state index contributed by atoms with van der Waals surface area (Å²) in [5.41, 5.74) is 0. The zero-order valence-electron chi connectivity index (χ0n) is 7.55. The Morgan fingerprint density at radius 3 is 3.00 bits per heavy atom. The second kappa shape index (κ2) is 4.39. The predicted octanol–water partition coefficient (Wildman–Crippen LogP) is 0.699. The van der Waals surface area contributed by atoms with Gasteiger partial charge in [-0.25, -0.2) is 9.55 Å². The maximum Gasteiger partial charge on any atom is 0.342 e. The number of nitro groups is 1. The van der Waals surface area contributed by atoms with Crippen LogP contribution in [-0.2, 0) is 6.54 Å². The van der Waals surface area contributed by atoms with Crippen LogP contribution in [0.25, 0.3) is 0 Å². The number of rotatable bonds is 4. The molecule has 0 bridgehead atoms. The molecule has 78 valence electrons. The molecule has 0 aliphatic carbocycles. The maximum absolute atomic E-state index is 10.5. The fourth-order valence-electron chi connectivity index (χ4n) is 1.08. The molecule has 0 aliphatic heterocycles. The Balaban J connectivity index is 2.93. The molecule has 1 unspecified atom stereocenters. The Bertz CT molecular complexity index is 339. The van der Waals surface area contributed by atoms with Gasteiger partial charge < -0.3 is 15.2 Å². The zero-order valence-corrected chi connectivity index (χ0v) is 8.31. The molecule has 1 rings (SSSR count). The van der Waals surface area contributed by atoms with Crippen LogP contribution in [0.3, 0.4) is 0 Å². The average molecular weight is 220 g/mol. The largest absolute Gasteiger partial charge is 0.395 e. The molecule has 14 heavy (non-hydrogen) atoms. The van der Waals surface area contributed by atoms with Crippen molar-refractivity contribution in [1.29, 1.82) is 0 Å². The van der Waals surface area contributed by atoms with E-state index in [1.807, 2.05) is 0 Å². The van der Waals surface area contributed by atoms with E-state index >= 15 is 0 Å². The first kappa shape index (κ1) is 10.9. The molecule has 6 nitrogen and oxygen atoms in total. The highest BCUT2D eigenvalue weighted by Crippen LogP contribution is 2.15. The third-order valence-corrected chi connectivity index (χ3v) is 2.08. The van der Waals surface area contributed by atoms with Gasteiger partial charge in [0.25, 0.3) is 0 Å². The highest BCUT2D eigenvalue weighted by molar-refractivity contribution is 6.20. The van der Waals surface area contributed by atoms with Gasteiger partial charge in [-0.3, -0.25) is 0 Å². The second-order valence-corrected chi connectivity index (χ2v) is 3.43. The fraction of sp³-hybridized carbons (Fsp3) is 0.571. The number of imidazole rings is 1. The van der Waals surface area contributed by atoms with Crippen LogP contribution in [0.1, 0.15) is 5.82 Å². The zero-order chi connectivity index (χ0) is 10.7. The monoisotopic (exact) mass is 219 g/mol. The van der Waals surface area contributed by atoms with Crippen molar-refractivity contribution >= 4 is 17.4 Å². The summed E-state index contributed by atoms with van der Waals surface area (Å²) in [5, 5.41) is 18.7. The lowest BCUT2D eigenvalue weighted by Crippen LogP contribution is -2.16. The van der Waals surface area contributed by atoms with Gasteiger partial charge in [0, 0.05) is 6.92 Å². The minimum atomic E-state index is -0.540. The van der Waals surface area contributed by atoms with Crippen LogP contribution in [-0.4, -0.2) is 31.6 Å². The van der Waals surface area contributed by atoms with Gasteiger partial charge in [0.15, 0.2) is 5.82 Å². The van der Waals surface area contributed by atoms with Crippen molar-refractivity contribution < 1.29 is 10.0 Å². The SMILES string of the molecule is Cc1ncc([N+](=O)[O-])n1CC(Cl)CO. The van der Waals surface area contributed by atoms with E-state index in [9.17, 15) is 10.1 Å². The minimum Gasteiger partial charge on any atom is -0.395 e. The topological polar surface area (TPSA) is 81.2 Å². The second-order valence-electron chi connectivity index (χ2n) is 2.81. The summed E-state index contributed by atoms with van der Waals surface area (Å²) < 4.78 is 1.37. The molecule has 0 saturated heterocycles. The molecule has 0 radical (unpaired) electrons. The molecule has 0 aromatic carbocycles. The van der Waals surface area contributed by atoms with Gasteiger partial charge in [0.05, 0.1) is 12.0 Å². The Labute approximate surface area is 85.3 Å². The Kier molecular flexibility index (Phi) is 3.43. The van der Waals surface area contributed by atoms with Crippen molar-refractivity contribution in [2.45, 2.75) is 18.8 Å². The first-order valence-electron chi connectivity index (χ1n) is 3.97. The number of aliphatic hydroxyl groups excluding tert-OH is 1. The predicted molar refractivity (Wildman–Crippen MR) is 50.3 cm³/mol. The van der Waals surface area contributed by atoms with Gasteiger partial charge in [0.2, 0.25) is 0 Å². The van der Waals surface area contributed by atoms with Gasteiger partial charge in [-0.15, -0.1) is 11.6 Å². The Hall–Kier alpha value is -1.14. The van der Waals surface area contributed by atoms with E-state index in [2.05, 4.69) is 4.98 Å². The van der Waals surface area contributed by atoms with Crippen molar-refractivity contribution in [2.24, 2.45) is 0 Å². The summed E-state index contributed by atoms with van der Waals surface area (Å²) in [5.74, 6) is 0.400. The van der Waals surface area contributed by atoms with Gasteiger partial charge in [0.1, 0.15) is 12.7 Å². The molecule has 1 heterocycles. The van der Waals surface area contributed by atoms with Crippen LogP contribution in [0, 0.1) is 17.0 Å². The summed E-state index contributed by atoms with van der Waals surface area (Å²) in [4.78, 5) is 13.8. The number of aromatic nitrogens is 2. The van der Waals surface area contributed by atoms with Crippen molar-refractivity contribution in [3.63, 3.8) is 0 Å². The maximum atomic E-state index is 10.5. The molecule has 1 atom stereocenters. The fourth-order valence-corrected chi connectivity index (χ4v) is 1.22. The summed E-state index contributed by atoms with van der Waals surface area (Å²) >= 11 is 5.68. The quantitative estimate of drug-likeness (QED) is 0.459. The summed E-state index contributed by atoms with van der Waals surface area (Å²) in [7, 11) is 0. The summed E-state index contributed by atoms with van der Waals surface area (Å²) in [6.45, 7) is 1.60. The minimum absolute atomic E-state index is 0.110. The van der Waals surface area contributed by atoms with Crippen LogP contribution in [0.4, 0.5) is 5.82 Å². The first-order valence-corrected chi connectivity index (χ1v) is 4.41. The average Bonchev–Trinajstić information content (AvgIpc) is 2.48. The van der Waals surface area contributed by atoms with Gasteiger partial charge in [-0.05, 0) is 4.92 Å². The molecule has 1 aromatic heterocycles. The van der Waals surface area contributed by atoms with E-state index in [4.69, 9.17) is 16.7 Å². The molecule has 1 N–H and O–H groups in total. The van der Waals surface area contributed by atoms with Crippen LogP contribution < -0.4 is 0 Å². The molecule has 0 aliphatic rings. The third-order valence-electron chi connectivity index (χ3n) is 1.80. The molecule has 0 spiro atoms. The first-order chi connectivity index (χ1) is 6.56. The Morgan fingerprint density at radius 2 is 2.50 bits per heavy atom. The van der Waals surface area contributed by atoms with E-state index in [0.29, 0.717) is 5.82 Å². The number of halogens is 1. The van der Waals surface area contributed by atoms with Gasteiger partial charge in [-0.1, -0.05) is 0 Å². The Morgan fingerprint density at radius 1 is 1.86 bits per heavy atom. The van der Waals surface area contributed by atoms with Gasteiger partial charge in [-0.2, -0.15) is 0 Å². The van der Waals surface area contributed by atoms with E-state index in [1.165, 1.54) is 10.8 Å². The number of alkyl halides is 1. The van der Waals surface area contributed by atoms with Crippen LogP contribution in [0.15, 0.2) is 6.20 Å². The number of nitrogens with zero attached hydrogens (tertiary/aromatic N) is 3. The number of aryl methyl sites for hydroxylation is 1. The summed E-state index contributed by atoms with van der Waals surface area (Å²) in [6.07, 6.45) is 1.18. The smallest absolute Gasteiger partial charge is 0.342 e. The molecule has 0 saturated carbocycles. The van der Waals surface area contributed by atoms with Crippen molar-refractivity contribution in [1.82, 2.24) is 9.55 Å². The number of hydrogen-bond acceptors (Lipinski definition) is 4. The summed E-state index contributed by atoms with van der Waals surface area (Å²) in [6, 6.07) is 0. The molecule has 1 aromatic rings. The van der Waals surface area contributed by atoms with E-state index in [1.54, 1.807) is 6.92 Å². The van der Waals surface area contributed by atoms with Crippen LogP contribution >= 0.6 is 11.6 Å². The molecular weight excluding hydrogens is 210 g/mol. The highest BCUT2D eigenvalue weighted by Gasteiger charge is 2.19. The van der Waals surface area contributed by atoms with E-state index in [0.717, 1.165) is 0 Å². The van der Waals surface area contributed by atoms with Gasteiger partial charge >= 0.3 is 5.82 Å².